The van der Waals surface area contributed by atoms with Gasteiger partial charge in [-0.2, -0.15) is 0 Å². The Morgan fingerprint density at radius 2 is 1.65 bits per heavy atom. The molecular weight excluding hydrogens is 367 g/mol. The molecule has 0 N–H and O–H groups in total. The van der Waals surface area contributed by atoms with Gasteiger partial charge in [0.25, 0.3) is 0 Å². The number of hydrogen-bond donors (Lipinski definition) is 0. The van der Waals surface area contributed by atoms with Gasteiger partial charge in [-0.15, -0.1) is 13.2 Å². The van der Waals surface area contributed by atoms with Crippen molar-refractivity contribution in [2.24, 2.45) is 0 Å². The first kappa shape index (κ1) is 20.1. The van der Waals surface area contributed by atoms with Gasteiger partial charge in [-0.1, -0.05) is 24.9 Å². The van der Waals surface area contributed by atoms with E-state index in [9.17, 15) is 30.4 Å². The first-order valence-corrected chi connectivity index (χ1v) is 8.22. The van der Waals surface area contributed by atoms with Gasteiger partial charge >= 0.3 is 12.8 Å². The topological polar surface area (TPSA) is 0 Å². The first-order valence-electron chi connectivity index (χ1n) is 6.62. The molecule has 2 aromatic rings. The molecule has 1 unspecified atom stereocenters. The number of thiophene rings is 1. The summed E-state index contributed by atoms with van der Waals surface area (Å²) in [6, 6.07) is 6.43. The molecule has 0 aliphatic heterocycles. The Balaban J connectivity index is 0.000000463. The van der Waals surface area contributed by atoms with Crippen molar-refractivity contribution >= 4 is 39.4 Å². The number of fused-ring (bicyclic) bond motifs is 1. The molecule has 10 heteroatoms. The van der Waals surface area contributed by atoms with Crippen LogP contribution in [0.2, 0.25) is 5.02 Å². The summed E-state index contributed by atoms with van der Waals surface area (Å²) in [6.07, 6.45) is 2.18. The van der Waals surface area contributed by atoms with Crippen molar-refractivity contribution in [2.75, 3.05) is 0 Å². The molecule has 2 rings (SSSR count). The molecule has 0 radical (unpaired) electrons. The van der Waals surface area contributed by atoms with Crippen molar-refractivity contribution in [3.8, 4) is 0 Å². The highest BCUT2D eigenvalue weighted by Crippen LogP contribution is 2.51. The quantitative estimate of drug-likeness (QED) is 0.296. The van der Waals surface area contributed by atoms with E-state index in [1.807, 2.05) is 6.92 Å². The van der Waals surface area contributed by atoms with Crippen molar-refractivity contribution in [1.29, 1.82) is 0 Å². The molecule has 0 nitrogen and oxygen atoms in total. The van der Waals surface area contributed by atoms with Crippen molar-refractivity contribution < 1.29 is 30.4 Å². The molecule has 0 saturated carbocycles. The minimum absolute atomic E-state index is 0.320. The van der Waals surface area contributed by atoms with Gasteiger partial charge in [0.05, 0.1) is 10.5 Å². The number of benzene rings is 1. The zero-order valence-electron chi connectivity index (χ0n) is 11.9. The summed E-state index contributed by atoms with van der Waals surface area (Å²) in [4.78, 5) is 0.488. The molecule has 1 atom stereocenters. The molecule has 1 heterocycles. The number of aryl methyl sites for hydroxylation is 1. The summed E-state index contributed by atoms with van der Waals surface area (Å²) in [6.45, 7) is 1.98. The minimum atomic E-state index is -6.00. The van der Waals surface area contributed by atoms with E-state index in [0.29, 0.717) is 26.4 Å². The van der Waals surface area contributed by atoms with Gasteiger partial charge in [0.15, 0.2) is 9.58 Å². The second-order valence-electron chi connectivity index (χ2n) is 4.64. The SMILES string of the molecule is CCCCc1cc2ccc(Cl)cc2[s+]1C(F)(F)F.F[B-](F)(F)F. The van der Waals surface area contributed by atoms with Gasteiger partial charge in [-0.3, -0.25) is 0 Å². The molecule has 0 spiro atoms. The Morgan fingerprint density at radius 3 is 2.13 bits per heavy atom. The number of rotatable bonds is 3. The van der Waals surface area contributed by atoms with E-state index in [1.54, 1.807) is 18.2 Å². The fraction of sp³-hybridized carbons (Fsp3) is 0.385. The molecule has 1 aromatic carbocycles. The van der Waals surface area contributed by atoms with Crippen LogP contribution in [0.4, 0.5) is 30.4 Å². The molecular formula is C13H13BClF7S. The van der Waals surface area contributed by atoms with Crippen LogP contribution in [0.15, 0.2) is 24.3 Å². The number of alkyl halides is 3. The lowest BCUT2D eigenvalue weighted by atomic mass is 10.2. The summed E-state index contributed by atoms with van der Waals surface area (Å²) in [5.74, 6) is 0. The van der Waals surface area contributed by atoms with Crippen molar-refractivity contribution in [3.05, 3.63) is 34.2 Å². The number of halogens is 8. The van der Waals surface area contributed by atoms with Crippen LogP contribution in [0.1, 0.15) is 24.6 Å². The van der Waals surface area contributed by atoms with Crippen molar-refractivity contribution in [1.82, 2.24) is 0 Å². The molecule has 0 aliphatic carbocycles. The van der Waals surface area contributed by atoms with Crippen LogP contribution in [0.25, 0.3) is 10.1 Å². The maximum Gasteiger partial charge on any atom is 0.673 e. The molecule has 0 saturated heterocycles. The molecule has 0 amide bonds. The van der Waals surface area contributed by atoms with Crippen molar-refractivity contribution in [3.63, 3.8) is 0 Å². The summed E-state index contributed by atoms with van der Waals surface area (Å²) in [5, 5.41) is 1.02. The highest BCUT2D eigenvalue weighted by atomic mass is 35.5. The Kier molecular flexibility index (Phi) is 6.76. The predicted octanol–water partition coefficient (Wildman–Crippen LogP) is 7.36. The molecule has 23 heavy (non-hydrogen) atoms. The second kappa shape index (κ2) is 7.74. The lowest BCUT2D eigenvalue weighted by molar-refractivity contribution is -0.0867. The van der Waals surface area contributed by atoms with Crippen LogP contribution in [0.5, 0.6) is 0 Å². The first-order chi connectivity index (χ1) is 10.4. The van der Waals surface area contributed by atoms with Gasteiger partial charge in [-0.05, 0) is 18.6 Å². The van der Waals surface area contributed by atoms with Crippen LogP contribution in [0, 0.1) is 0 Å². The Hall–Kier alpha value is -0.955. The number of unbranched alkanes of at least 4 members (excludes halogenated alkanes) is 1. The Bertz CT molecular complexity index is 642. The smallest absolute Gasteiger partial charge is 0.418 e. The van der Waals surface area contributed by atoms with E-state index in [-0.39, 0.29) is 0 Å². The zero-order chi connectivity index (χ0) is 17.8. The van der Waals surface area contributed by atoms with Crippen LogP contribution in [-0.4, -0.2) is 7.25 Å². The zero-order valence-corrected chi connectivity index (χ0v) is 13.5. The lowest BCUT2D eigenvalue weighted by Gasteiger charge is -1.99. The van der Waals surface area contributed by atoms with Gasteiger partial charge in [0.2, 0.25) is 0 Å². The summed E-state index contributed by atoms with van der Waals surface area (Å²) < 4.78 is 78.9. The largest absolute Gasteiger partial charge is 0.673 e. The maximum atomic E-state index is 13.2. The van der Waals surface area contributed by atoms with Crippen LogP contribution >= 0.6 is 22.1 Å². The lowest BCUT2D eigenvalue weighted by Crippen LogP contribution is -2.02. The van der Waals surface area contributed by atoms with E-state index in [2.05, 4.69) is 0 Å². The molecule has 1 aromatic heterocycles. The highest BCUT2D eigenvalue weighted by Gasteiger charge is 2.47. The highest BCUT2D eigenvalue weighted by molar-refractivity contribution is 7.38. The molecule has 0 bridgehead atoms. The van der Waals surface area contributed by atoms with Gasteiger partial charge in [-0.25, -0.2) is 0 Å². The Morgan fingerprint density at radius 1 is 1.09 bits per heavy atom. The van der Waals surface area contributed by atoms with Crippen LogP contribution in [-0.2, 0) is 11.9 Å². The molecule has 0 aliphatic rings. The summed E-state index contributed by atoms with van der Waals surface area (Å²) in [5.41, 5.74) is -4.21. The van der Waals surface area contributed by atoms with E-state index in [4.69, 9.17) is 11.6 Å². The maximum absolute atomic E-state index is 13.2. The molecule has 130 valence electrons. The standard InChI is InChI=1S/C13H13ClF3S.BF4/c1-2-3-4-11-7-9-5-6-10(14)8-12(9)18(11)13(15,16)17;2-1(3,4)5/h5-8H,2-4H2,1H3;/q+1;-1. The number of hydrogen-bond acceptors (Lipinski definition) is 0. The van der Waals surface area contributed by atoms with Crippen LogP contribution < -0.4 is 0 Å². The van der Waals surface area contributed by atoms with Gasteiger partial charge in [0, 0.05) is 29.0 Å². The second-order valence-corrected chi connectivity index (χ2v) is 7.12. The fourth-order valence-electron chi connectivity index (χ4n) is 1.98. The van der Waals surface area contributed by atoms with E-state index in [1.165, 1.54) is 6.07 Å². The van der Waals surface area contributed by atoms with Gasteiger partial charge < -0.3 is 17.3 Å². The summed E-state index contributed by atoms with van der Waals surface area (Å²) >= 11 is 5.80. The third kappa shape index (κ3) is 6.59. The third-order valence-corrected chi connectivity index (χ3v) is 5.12. The normalized spacial score (nSPS) is 13.0. The van der Waals surface area contributed by atoms with Gasteiger partial charge in [0.1, 0.15) is 0 Å². The third-order valence-electron chi connectivity index (χ3n) is 2.78. The molecule has 0 fully saturated rings. The monoisotopic (exact) mass is 380 g/mol. The average Bonchev–Trinajstić information content (AvgIpc) is 2.71. The van der Waals surface area contributed by atoms with Crippen LogP contribution in [0.3, 0.4) is 0 Å². The fourth-order valence-corrected chi connectivity index (χ4v) is 4.24. The van der Waals surface area contributed by atoms with Crippen molar-refractivity contribution in [2.45, 2.75) is 31.7 Å². The average molecular weight is 381 g/mol. The summed E-state index contributed by atoms with van der Waals surface area (Å²) in [7, 11) is -7.79. The van der Waals surface area contributed by atoms with E-state index >= 15 is 0 Å². The van der Waals surface area contributed by atoms with E-state index < -0.39 is 23.2 Å². The Labute approximate surface area is 136 Å². The predicted molar refractivity (Wildman–Crippen MR) is 81.5 cm³/mol. The minimum Gasteiger partial charge on any atom is -0.418 e. The van der Waals surface area contributed by atoms with E-state index in [0.717, 1.165) is 12.8 Å².